The van der Waals surface area contributed by atoms with Crippen LogP contribution in [0.1, 0.15) is 0 Å². The molecule has 3 rings (SSSR count). The van der Waals surface area contributed by atoms with Gasteiger partial charge >= 0.3 is 0 Å². The summed E-state index contributed by atoms with van der Waals surface area (Å²) in [6.45, 7) is 0. The van der Waals surface area contributed by atoms with Crippen LogP contribution in [0.2, 0.25) is 0 Å². The number of hydrogen-bond acceptors (Lipinski definition) is 3. The lowest BCUT2D eigenvalue weighted by molar-refractivity contribution is 1.45. The molecule has 0 saturated heterocycles. The second-order valence-electron chi connectivity index (χ2n) is 3.57. The molecule has 0 aliphatic carbocycles. The number of fused-ring (bicyclic) bond motifs is 2. The lowest BCUT2D eigenvalue weighted by atomic mass is 10.1. The molecule has 1 aliphatic rings. The van der Waals surface area contributed by atoms with Crippen molar-refractivity contribution in [2.24, 2.45) is 0 Å². The molecule has 3 heteroatoms. The summed E-state index contributed by atoms with van der Waals surface area (Å²) in [6.07, 6.45) is 0. The maximum Gasteiger partial charge on any atom is 0.0857 e. The van der Waals surface area contributed by atoms with Crippen molar-refractivity contribution in [1.82, 2.24) is 0 Å². The number of para-hydroxylation sites is 3. The first-order chi connectivity index (χ1) is 7.34. The summed E-state index contributed by atoms with van der Waals surface area (Å²) in [5.41, 5.74) is 10.8. The van der Waals surface area contributed by atoms with Gasteiger partial charge in [-0.2, -0.15) is 0 Å². The van der Waals surface area contributed by atoms with Crippen LogP contribution < -0.4 is 16.4 Å². The van der Waals surface area contributed by atoms with E-state index < -0.39 is 0 Å². The standard InChI is InChI=1S/C12H11N3/c13-8-4-3-7-11-12(8)15-10-6-2-1-5-9(10)14-11/h1-7,14-15H,13H2. The van der Waals surface area contributed by atoms with Crippen LogP contribution in [0.3, 0.4) is 0 Å². The van der Waals surface area contributed by atoms with Gasteiger partial charge in [0.2, 0.25) is 0 Å². The summed E-state index contributed by atoms with van der Waals surface area (Å²) in [5, 5.41) is 6.66. The highest BCUT2D eigenvalue weighted by Gasteiger charge is 2.14. The molecule has 0 bridgehead atoms. The average Bonchev–Trinajstić information content (AvgIpc) is 2.27. The van der Waals surface area contributed by atoms with Gasteiger partial charge < -0.3 is 16.4 Å². The maximum absolute atomic E-state index is 5.90. The minimum absolute atomic E-state index is 0.759. The summed E-state index contributed by atoms with van der Waals surface area (Å²) in [6, 6.07) is 13.9. The van der Waals surface area contributed by atoms with E-state index in [4.69, 9.17) is 5.73 Å². The summed E-state index contributed by atoms with van der Waals surface area (Å²) < 4.78 is 0. The van der Waals surface area contributed by atoms with Crippen molar-refractivity contribution >= 4 is 28.4 Å². The predicted molar refractivity (Wildman–Crippen MR) is 63.9 cm³/mol. The van der Waals surface area contributed by atoms with E-state index in [-0.39, 0.29) is 0 Å². The minimum atomic E-state index is 0.759. The summed E-state index contributed by atoms with van der Waals surface area (Å²) in [4.78, 5) is 0. The van der Waals surface area contributed by atoms with Gasteiger partial charge in [0.1, 0.15) is 0 Å². The van der Waals surface area contributed by atoms with Crippen LogP contribution in [0.4, 0.5) is 28.4 Å². The summed E-state index contributed by atoms with van der Waals surface area (Å²) in [5.74, 6) is 0. The molecule has 1 heterocycles. The van der Waals surface area contributed by atoms with Crippen molar-refractivity contribution < 1.29 is 0 Å². The normalized spacial score (nSPS) is 12.0. The zero-order valence-corrected chi connectivity index (χ0v) is 8.12. The van der Waals surface area contributed by atoms with E-state index in [0.29, 0.717) is 0 Å². The Morgan fingerprint density at radius 2 is 1.40 bits per heavy atom. The van der Waals surface area contributed by atoms with Crippen molar-refractivity contribution in [2.75, 3.05) is 16.4 Å². The molecule has 1 aliphatic heterocycles. The molecule has 2 aromatic rings. The molecular formula is C12H11N3. The van der Waals surface area contributed by atoms with Gasteiger partial charge in [-0.1, -0.05) is 18.2 Å². The van der Waals surface area contributed by atoms with E-state index in [2.05, 4.69) is 10.6 Å². The van der Waals surface area contributed by atoms with Crippen LogP contribution in [0.25, 0.3) is 0 Å². The summed E-state index contributed by atoms with van der Waals surface area (Å²) in [7, 11) is 0. The van der Waals surface area contributed by atoms with E-state index >= 15 is 0 Å². The van der Waals surface area contributed by atoms with Gasteiger partial charge in [0.05, 0.1) is 28.4 Å². The van der Waals surface area contributed by atoms with Crippen LogP contribution in [-0.2, 0) is 0 Å². The molecule has 3 nitrogen and oxygen atoms in total. The number of rotatable bonds is 0. The molecule has 74 valence electrons. The van der Waals surface area contributed by atoms with Crippen molar-refractivity contribution in [3.05, 3.63) is 42.5 Å². The lowest BCUT2D eigenvalue weighted by Crippen LogP contribution is -2.07. The number of nitrogens with one attached hydrogen (secondary N) is 2. The first-order valence-corrected chi connectivity index (χ1v) is 4.86. The molecule has 0 atom stereocenters. The average molecular weight is 197 g/mol. The first kappa shape index (κ1) is 8.17. The number of nitrogens with two attached hydrogens (primary N) is 1. The predicted octanol–water partition coefficient (Wildman–Crippen LogP) is 3.07. The lowest BCUT2D eigenvalue weighted by Gasteiger charge is -2.23. The molecule has 0 amide bonds. The van der Waals surface area contributed by atoms with Crippen molar-refractivity contribution in [2.45, 2.75) is 0 Å². The second-order valence-corrected chi connectivity index (χ2v) is 3.57. The molecule has 15 heavy (non-hydrogen) atoms. The van der Waals surface area contributed by atoms with Gasteiger partial charge in [-0.25, -0.2) is 0 Å². The van der Waals surface area contributed by atoms with E-state index in [1.165, 1.54) is 0 Å². The molecule has 0 aromatic heterocycles. The smallest absolute Gasteiger partial charge is 0.0857 e. The third kappa shape index (κ3) is 1.21. The second kappa shape index (κ2) is 2.92. The van der Waals surface area contributed by atoms with E-state index in [9.17, 15) is 0 Å². The van der Waals surface area contributed by atoms with E-state index in [1.807, 2.05) is 42.5 Å². The third-order valence-electron chi connectivity index (χ3n) is 2.55. The fourth-order valence-corrected chi connectivity index (χ4v) is 1.79. The fourth-order valence-electron chi connectivity index (χ4n) is 1.79. The Hall–Kier alpha value is -2.16. The molecule has 4 N–H and O–H groups in total. The fraction of sp³-hybridized carbons (Fsp3) is 0. The van der Waals surface area contributed by atoms with Crippen molar-refractivity contribution in [3.63, 3.8) is 0 Å². The maximum atomic E-state index is 5.90. The molecule has 0 fully saturated rings. The van der Waals surface area contributed by atoms with Crippen molar-refractivity contribution in [3.8, 4) is 0 Å². The minimum Gasteiger partial charge on any atom is -0.397 e. The molecule has 0 radical (unpaired) electrons. The Balaban J connectivity index is 2.15. The molecular weight excluding hydrogens is 186 g/mol. The Bertz CT molecular complexity index is 520. The molecule has 0 unspecified atom stereocenters. The van der Waals surface area contributed by atoms with Gasteiger partial charge in [0.15, 0.2) is 0 Å². The highest BCUT2D eigenvalue weighted by atomic mass is 15.0. The monoisotopic (exact) mass is 197 g/mol. The van der Waals surface area contributed by atoms with Crippen molar-refractivity contribution in [1.29, 1.82) is 0 Å². The van der Waals surface area contributed by atoms with Crippen LogP contribution in [0.15, 0.2) is 42.5 Å². The van der Waals surface area contributed by atoms with Gasteiger partial charge in [0.25, 0.3) is 0 Å². The molecule has 0 saturated carbocycles. The number of nitrogen functional groups attached to an aromatic ring is 1. The van der Waals surface area contributed by atoms with Gasteiger partial charge in [0, 0.05) is 0 Å². The van der Waals surface area contributed by atoms with Crippen LogP contribution >= 0.6 is 0 Å². The van der Waals surface area contributed by atoms with E-state index in [0.717, 1.165) is 28.4 Å². The first-order valence-electron chi connectivity index (χ1n) is 4.86. The number of anilines is 5. The SMILES string of the molecule is Nc1cccc2c1Nc1ccccc1N2. The Morgan fingerprint density at radius 1 is 0.733 bits per heavy atom. The quantitative estimate of drug-likeness (QED) is 0.485. The highest BCUT2D eigenvalue weighted by Crippen LogP contribution is 2.40. The zero-order valence-electron chi connectivity index (χ0n) is 8.12. The largest absolute Gasteiger partial charge is 0.397 e. The van der Waals surface area contributed by atoms with E-state index in [1.54, 1.807) is 0 Å². The Kier molecular flexibility index (Phi) is 1.59. The zero-order chi connectivity index (χ0) is 10.3. The van der Waals surface area contributed by atoms with Crippen LogP contribution in [0.5, 0.6) is 0 Å². The Morgan fingerprint density at radius 3 is 2.20 bits per heavy atom. The van der Waals surface area contributed by atoms with Gasteiger partial charge in [-0.15, -0.1) is 0 Å². The topological polar surface area (TPSA) is 50.1 Å². The molecule has 2 aromatic carbocycles. The van der Waals surface area contributed by atoms with Gasteiger partial charge in [-0.05, 0) is 24.3 Å². The van der Waals surface area contributed by atoms with Crippen LogP contribution in [-0.4, -0.2) is 0 Å². The number of benzene rings is 2. The number of hydrogen-bond donors (Lipinski definition) is 3. The molecule has 0 spiro atoms. The van der Waals surface area contributed by atoms with Gasteiger partial charge in [-0.3, -0.25) is 0 Å². The Labute approximate surface area is 87.9 Å². The summed E-state index contributed by atoms with van der Waals surface area (Å²) >= 11 is 0. The van der Waals surface area contributed by atoms with Crippen LogP contribution in [0, 0.1) is 0 Å². The third-order valence-corrected chi connectivity index (χ3v) is 2.55. The highest BCUT2D eigenvalue weighted by molar-refractivity contribution is 5.95.